The van der Waals surface area contributed by atoms with Gasteiger partial charge in [-0.1, -0.05) is 45.2 Å². The first kappa shape index (κ1) is 21.2. The van der Waals surface area contributed by atoms with E-state index in [0.29, 0.717) is 11.0 Å². The summed E-state index contributed by atoms with van der Waals surface area (Å²) in [5, 5.41) is 3.45. The SMILES string of the molecule is CCCC[C@@H](CC)CNC(=S)NNC(=O)[C@@H](C)Oc1ccccc1F. The molecular weight excluding hydrogens is 341 g/mol. The van der Waals surface area contributed by atoms with E-state index in [2.05, 4.69) is 30.0 Å². The Hall–Kier alpha value is -1.89. The molecule has 0 aliphatic rings. The van der Waals surface area contributed by atoms with Crippen LogP contribution in [0.4, 0.5) is 4.39 Å². The highest BCUT2D eigenvalue weighted by Gasteiger charge is 2.16. The lowest BCUT2D eigenvalue weighted by Crippen LogP contribution is -2.51. The van der Waals surface area contributed by atoms with E-state index in [1.165, 1.54) is 31.9 Å². The Bertz CT molecular complexity index is 557. The molecule has 0 aliphatic heterocycles. The van der Waals surface area contributed by atoms with Crippen molar-refractivity contribution in [3.63, 3.8) is 0 Å². The molecule has 25 heavy (non-hydrogen) atoms. The van der Waals surface area contributed by atoms with Gasteiger partial charge in [0.25, 0.3) is 5.91 Å². The van der Waals surface area contributed by atoms with Crippen molar-refractivity contribution >= 4 is 23.2 Å². The van der Waals surface area contributed by atoms with Gasteiger partial charge in [-0.25, -0.2) is 4.39 Å². The zero-order chi connectivity index (χ0) is 18.7. The van der Waals surface area contributed by atoms with Crippen LogP contribution in [0.3, 0.4) is 0 Å². The van der Waals surface area contributed by atoms with Crippen LogP contribution in [0.2, 0.25) is 0 Å². The fourth-order valence-corrected chi connectivity index (χ4v) is 2.36. The minimum atomic E-state index is -0.861. The molecule has 0 fully saturated rings. The molecule has 0 spiro atoms. The number of amides is 1. The van der Waals surface area contributed by atoms with Crippen molar-refractivity contribution in [1.29, 1.82) is 0 Å². The predicted octanol–water partition coefficient (Wildman–Crippen LogP) is 3.30. The third kappa shape index (κ3) is 8.16. The number of hydrazine groups is 1. The van der Waals surface area contributed by atoms with Crippen molar-refractivity contribution < 1.29 is 13.9 Å². The average molecular weight is 370 g/mol. The quantitative estimate of drug-likeness (QED) is 0.460. The van der Waals surface area contributed by atoms with Crippen LogP contribution >= 0.6 is 12.2 Å². The van der Waals surface area contributed by atoms with Gasteiger partial charge in [-0.3, -0.25) is 15.6 Å². The van der Waals surface area contributed by atoms with Crippen molar-refractivity contribution in [3.05, 3.63) is 30.1 Å². The highest BCUT2D eigenvalue weighted by molar-refractivity contribution is 7.80. The topological polar surface area (TPSA) is 62.4 Å². The van der Waals surface area contributed by atoms with Gasteiger partial charge in [-0.2, -0.15) is 0 Å². The van der Waals surface area contributed by atoms with Crippen LogP contribution in [0, 0.1) is 11.7 Å². The van der Waals surface area contributed by atoms with Gasteiger partial charge in [0, 0.05) is 6.54 Å². The first-order valence-electron chi connectivity index (χ1n) is 8.72. The lowest BCUT2D eigenvalue weighted by molar-refractivity contribution is -0.127. The fraction of sp³-hybridized carbons (Fsp3) is 0.556. The molecule has 0 unspecified atom stereocenters. The van der Waals surface area contributed by atoms with E-state index in [1.54, 1.807) is 12.1 Å². The normalized spacial score (nSPS) is 12.8. The van der Waals surface area contributed by atoms with E-state index in [4.69, 9.17) is 17.0 Å². The number of benzene rings is 1. The Kier molecular flexibility index (Phi) is 9.84. The maximum absolute atomic E-state index is 13.5. The molecule has 3 N–H and O–H groups in total. The van der Waals surface area contributed by atoms with Crippen LogP contribution in [-0.2, 0) is 4.79 Å². The molecule has 5 nitrogen and oxygen atoms in total. The third-order valence-corrected chi connectivity index (χ3v) is 4.15. The molecule has 0 saturated carbocycles. The smallest absolute Gasteiger partial charge is 0.279 e. The largest absolute Gasteiger partial charge is 0.478 e. The molecule has 1 rings (SSSR count). The van der Waals surface area contributed by atoms with E-state index in [9.17, 15) is 9.18 Å². The molecule has 7 heteroatoms. The maximum Gasteiger partial charge on any atom is 0.279 e. The van der Waals surface area contributed by atoms with Crippen LogP contribution in [0.15, 0.2) is 24.3 Å². The first-order valence-corrected chi connectivity index (χ1v) is 9.13. The Morgan fingerprint density at radius 3 is 2.64 bits per heavy atom. The summed E-state index contributed by atoms with van der Waals surface area (Å²) >= 11 is 5.15. The zero-order valence-corrected chi connectivity index (χ0v) is 15.9. The van der Waals surface area contributed by atoms with Gasteiger partial charge in [-0.05, 0) is 43.6 Å². The lowest BCUT2D eigenvalue weighted by Gasteiger charge is -2.19. The minimum Gasteiger partial charge on any atom is -0.478 e. The molecule has 140 valence electrons. The summed E-state index contributed by atoms with van der Waals surface area (Å²) in [4.78, 5) is 12.0. The van der Waals surface area contributed by atoms with E-state index in [-0.39, 0.29) is 5.75 Å². The average Bonchev–Trinajstić information content (AvgIpc) is 2.61. The number of hydrogen-bond acceptors (Lipinski definition) is 3. The Labute approximate surface area is 154 Å². The second kappa shape index (κ2) is 11.6. The summed E-state index contributed by atoms with van der Waals surface area (Å²) in [7, 11) is 0. The molecule has 0 saturated heterocycles. The fourth-order valence-electron chi connectivity index (χ4n) is 2.23. The van der Waals surface area contributed by atoms with Gasteiger partial charge in [0.1, 0.15) is 0 Å². The van der Waals surface area contributed by atoms with Gasteiger partial charge in [-0.15, -0.1) is 0 Å². The van der Waals surface area contributed by atoms with Crippen LogP contribution in [0.1, 0.15) is 46.5 Å². The van der Waals surface area contributed by atoms with Crippen molar-refractivity contribution in [2.45, 2.75) is 52.6 Å². The second-order valence-corrected chi connectivity index (χ2v) is 6.34. The lowest BCUT2D eigenvalue weighted by atomic mass is 9.99. The van der Waals surface area contributed by atoms with Crippen molar-refractivity contribution in [1.82, 2.24) is 16.2 Å². The Balaban J connectivity index is 2.32. The van der Waals surface area contributed by atoms with Crippen LogP contribution in [0.5, 0.6) is 5.75 Å². The molecular formula is C18H28FN3O2S. The van der Waals surface area contributed by atoms with Gasteiger partial charge in [0.15, 0.2) is 22.8 Å². The number of thiocarbonyl (C=S) groups is 1. The summed E-state index contributed by atoms with van der Waals surface area (Å²) in [6, 6.07) is 5.95. The summed E-state index contributed by atoms with van der Waals surface area (Å²) in [6.07, 6.45) is 3.75. The van der Waals surface area contributed by atoms with E-state index >= 15 is 0 Å². The van der Waals surface area contributed by atoms with Crippen molar-refractivity contribution in [2.75, 3.05) is 6.54 Å². The van der Waals surface area contributed by atoms with E-state index in [0.717, 1.165) is 19.4 Å². The standard InChI is InChI=1S/C18H28FN3O2S/c1-4-6-9-14(5-2)12-20-18(25)22-21-17(23)13(3)24-16-11-8-7-10-15(16)19/h7-8,10-11,13-14H,4-6,9,12H2,1-3H3,(H,21,23)(H2,20,22,25)/t13-,14-/m1/s1. The summed E-state index contributed by atoms with van der Waals surface area (Å²) < 4.78 is 18.8. The van der Waals surface area contributed by atoms with Gasteiger partial charge in [0.05, 0.1) is 0 Å². The first-order chi connectivity index (χ1) is 12.0. The predicted molar refractivity (Wildman–Crippen MR) is 102 cm³/mol. The summed E-state index contributed by atoms with van der Waals surface area (Å²) in [5.74, 6) is -0.360. The highest BCUT2D eigenvalue weighted by atomic mass is 32.1. The molecule has 0 aliphatic carbocycles. The summed E-state index contributed by atoms with van der Waals surface area (Å²) in [6.45, 7) is 6.63. The number of ether oxygens (including phenoxy) is 1. The molecule has 0 aromatic heterocycles. The Morgan fingerprint density at radius 1 is 1.28 bits per heavy atom. The second-order valence-electron chi connectivity index (χ2n) is 5.93. The van der Waals surface area contributed by atoms with E-state index in [1.807, 2.05) is 0 Å². The van der Waals surface area contributed by atoms with E-state index < -0.39 is 17.8 Å². The monoisotopic (exact) mass is 369 g/mol. The molecule has 1 amide bonds. The number of para-hydroxylation sites is 1. The minimum absolute atomic E-state index is 0.0348. The number of unbranched alkanes of at least 4 members (excludes halogenated alkanes) is 1. The number of carbonyl (C=O) groups excluding carboxylic acids is 1. The molecule has 0 bridgehead atoms. The molecule has 0 heterocycles. The number of halogens is 1. The molecule has 1 aromatic carbocycles. The van der Waals surface area contributed by atoms with Crippen LogP contribution < -0.4 is 20.9 Å². The third-order valence-electron chi connectivity index (χ3n) is 3.90. The van der Waals surface area contributed by atoms with Crippen molar-refractivity contribution in [2.24, 2.45) is 5.92 Å². The van der Waals surface area contributed by atoms with Gasteiger partial charge in [0.2, 0.25) is 0 Å². The number of carbonyl (C=O) groups is 1. The maximum atomic E-state index is 13.5. The molecule has 1 aromatic rings. The molecule has 2 atom stereocenters. The van der Waals surface area contributed by atoms with Crippen LogP contribution in [-0.4, -0.2) is 23.7 Å². The number of nitrogens with one attached hydrogen (secondary N) is 3. The van der Waals surface area contributed by atoms with Crippen LogP contribution in [0.25, 0.3) is 0 Å². The summed E-state index contributed by atoms with van der Waals surface area (Å²) in [5.41, 5.74) is 5.11. The zero-order valence-electron chi connectivity index (χ0n) is 15.1. The van der Waals surface area contributed by atoms with Gasteiger partial charge < -0.3 is 10.1 Å². The molecule has 0 radical (unpaired) electrons. The number of rotatable bonds is 9. The van der Waals surface area contributed by atoms with Crippen molar-refractivity contribution in [3.8, 4) is 5.75 Å². The number of hydrogen-bond donors (Lipinski definition) is 3. The van der Waals surface area contributed by atoms with Gasteiger partial charge >= 0.3 is 0 Å². The Morgan fingerprint density at radius 2 is 2.00 bits per heavy atom. The highest BCUT2D eigenvalue weighted by Crippen LogP contribution is 2.16.